The molecule has 2 heterocycles. The number of rotatable bonds is 6. The van der Waals surface area contributed by atoms with Crippen molar-refractivity contribution in [3.05, 3.63) is 59.1 Å². The Balaban J connectivity index is 1.44. The molecule has 0 saturated carbocycles. The van der Waals surface area contributed by atoms with Crippen LogP contribution in [0.4, 0.5) is 0 Å². The van der Waals surface area contributed by atoms with Crippen molar-refractivity contribution in [1.29, 1.82) is 0 Å². The molecule has 0 bridgehead atoms. The molecule has 0 unspecified atom stereocenters. The zero-order chi connectivity index (χ0) is 18.0. The van der Waals surface area contributed by atoms with Crippen LogP contribution in [-0.4, -0.2) is 31.1 Å². The van der Waals surface area contributed by atoms with Crippen LogP contribution in [0.15, 0.2) is 48.5 Å². The summed E-state index contributed by atoms with van der Waals surface area (Å²) >= 11 is 1.63. The lowest BCUT2D eigenvalue weighted by atomic mass is 9.75. The first-order valence-corrected chi connectivity index (χ1v) is 9.47. The van der Waals surface area contributed by atoms with E-state index in [1.165, 1.54) is 0 Å². The van der Waals surface area contributed by atoms with Gasteiger partial charge in [-0.15, -0.1) is 11.3 Å². The number of thiazole rings is 1. The second-order valence-electron chi connectivity index (χ2n) is 6.67. The van der Waals surface area contributed by atoms with Crippen molar-refractivity contribution >= 4 is 27.5 Å². The number of amides is 1. The fourth-order valence-corrected chi connectivity index (χ4v) is 4.21. The Labute approximate surface area is 156 Å². The van der Waals surface area contributed by atoms with E-state index in [0.29, 0.717) is 26.1 Å². The fraction of sp³-hybridized carbons (Fsp3) is 0.300. The molecule has 0 atom stereocenters. The number of carbonyl (C=O) groups excluding carboxylic acids is 1. The smallest absolute Gasteiger partial charge is 0.229 e. The second-order valence-corrected chi connectivity index (χ2v) is 7.79. The highest BCUT2D eigenvalue weighted by Crippen LogP contribution is 2.30. The van der Waals surface area contributed by atoms with Crippen molar-refractivity contribution in [3.8, 4) is 5.75 Å². The number of hydrogen-bond donors (Lipinski definition) is 2. The third-order valence-corrected chi connectivity index (χ3v) is 5.86. The maximum Gasteiger partial charge on any atom is 0.229 e. The van der Waals surface area contributed by atoms with Gasteiger partial charge in [-0.1, -0.05) is 24.3 Å². The molecule has 0 radical (unpaired) electrons. The second kappa shape index (κ2) is 7.05. The average Bonchev–Trinajstić information content (AvgIpc) is 3.06. The molecule has 1 aliphatic heterocycles. The topological polar surface area (TPSA) is 63.2 Å². The molecule has 26 heavy (non-hydrogen) atoms. The maximum atomic E-state index is 12.9. The summed E-state index contributed by atoms with van der Waals surface area (Å²) in [5.74, 6) is 0.901. The lowest BCUT2D eigenvalue weighted by molar-refractivity contribution is -0.134. The molecular formula is C20H21N3O2S. The van der Waals surface area contributed by atoms with Crippen molar-refractivity contribution in [2.75, 3.05) is 20.2 Å². The Hall–Kier alpha value is -2.44. The number of hydrogen-bond acceptors (Lipinski definition) is 5. The van der Waals surface area contributed by atoms with E-state index < -0.39 is 5.41 Å². The Bertz CT molecular complexity index is 900. The van der Waals surface area contributed by atoms with Crippen LogP contribution in [0.25, 0.3) is 10.2 Å². The van der Waals surface area contributed by atoms with Gasteiger partial charge in [0, 0.05) is 13.1 Å². The van der Waals surface area contributed by atoms with Crippen molar-refractivity contribution in [3.63, 3.8) is 0 Å². The van der Waals surface area contributed by atoms with Gasteiger partial charge >= 0.3 is 0 Å². The molecule has 1 fully saturated rings. The summed E-state index contributed by atoms with van der Waals surface area (Å²) in [5.41, 5.74) is 1.70. The summed E-state index contributed by atoms with van der Waals surface area (Å²) < 4.78 is 6.44. The van der Waals surface area contributed by atoms with E-state index in [4.69, 9.17) is 4.74 Å². The maximum absolute atomic E-state index is 12.9. The van der Waals surface area contributed by atoms with Gasteiger partial charge in [-0.25, -0.2) is 4.98 Å². The molecule has 5 nitrogen and oxygen atoms in total. The van der Waals surface area contributed by atoms with Gasteiger partial charge in [-0.2, -0.15) is 0 Å². The third kappa shape index (κ3) is 3.30. The molecule has 0 aliphatic carbocycles. The average molecular weight is 367 g/mol. The normalized spacial score (nSPS) is 15.4. The molecular weight excluding hydrogens is 346 g/mol. The highest BCUT2D eigenvalue weighted by Gasteiger charge is 2.44. The standard InChI is InChI=1S/C20H21N3O2S/c1-25-15-6-4-5-14(9-15)10-20(12-21-13-20)19(24)22-11-18-23-16-7-2-3-8-17(16)26-18/h2-9,21H,10-13H2,1H3,(H,22,24). The van der Waals surface area contributed by atoms with E-state index in [0.717, 1.165) is 26.5 Å². The van der Waals surface area contributed by atoms with Crippen molar-refractivity contribution < 1.29 is 9.53 Å². The van der Waals surface area contributed by atoms with Crippen molar-refractivity contribution in [2.24, 2.45) is 5.41 Å². The molecule has 4 rings (SSSR count). The number of carbonyl (C=O) groups is 1. The van der Waals surface area contributed by atoms with E-state index in [1.807, 2.05) is 42.5 Å². The number of nitrogens with zero attached hydrogens (tertiary/aromatic N) is 1. The van der Waals surface area contributed by atoms with Crippen LogP contribution in [0.5, 0.6) is 5.75 Å². The first kappa shape index (κ1) is 17.0. The van der Waals surface area contributed by atoms with Crippen LogP contribution in [0.2, 0.25) is 0 Å². The van der Waals surface area contributed by atoms with E-state index in [-0.39, 0.29) is 5.91 Å². The van der Waals surface area contributed by atoms with Gasteiger partial charge in [0.05, 0.1) is 29.3 Å². The summed E-state index contributed by atoms with van der Waals surface area (Å²) in [6.45, 7) is 1.85. The third-order valence-electron chi connectivity index (χ3n) is 4.82. The van der Waals surface area contributed by atoms with Gasteiger partial charge in [0.2, 0.25) is 5.91 Å². The fourth-order valence-electron chi connectivity index (χ4n) is 3.30. The SMILES string of the molecule is COc1cccc(CC2(C(=O)NCc3nc4ccccc4s3)CNC2)c1. The Morgan fingerprint density at radius 3 is 2.85 bits per heavy atom. The minimum Gasteiger partial charge on any atom is -0.497 e. The van der Waals surface area contributed by atoms with Gasteiger partial charge in [0.1, 0.15) is 10.8 Å². The number of nitrogens with one attached hydrogen (secondary N) is 2. The van der Waals surface area contributed by atoms with Crippen LogP contribution in [-0.2, 0) is 17.8 Å². The quantitative estimate of drug-likeness (QED) is 0.703. The van der Waals surface area contributed by atoms with Crippen LogP contribution in [0.3, 0.4) is 0 Å². The monoisotopic (exact) mass is 367 g/mol. The molecule has 3 aromatic rings. The molecule has 1 amide bonds. The zero-order valence-corrected chi connectivity index (χ0v) is 15.4. The Morgan fingerprint density at radius 2 is 2.12 bits per heavy atom. The van der Waals surface area contributed by atoms with Crippen LogP contribution >= 0.6 is 11.3 Å². The number of ether oxygens (including phenoxy) is 1. The van der Waals surface area contributed by atoms with Gasteiger partial charge in [0.15, 0.2) is 0 Å². The summed E-state index contributed by atoms with van der Waals surface area (Å²) in [4.78, 5) is 17.5. The molecule has 6 heteroatoms. The van der Waals surface area contributed by atoms with E-state index in [2.05, 4.69) is 21.7 Å². The number of fused-ring (bicyclic) bond motifs is 1. The number of methoxy groups -OCH3 is 1. The molecule has 1 aliphatic rings. The van der Waals surface area contributed by atoms with Crippen LogP contribution in [0, 0.1) is 5.41 Å². The minimum atomic E-state index is -0.400. The molecule has 1 aromatic heterocycles. The molecule has 0 spiro atoms. The van der Waals surface area contributed by atoms with E-state index in [1.54, 1.807) is 18.4 Å². The van der Waals surface area contributed by atoms with Crippen LogP contribution < -0.4 is 15.4 Å². The molecule has 134 valence electrons. The molecule has 2 aromatic carbocycles. The van der Waals surface area contributed by atoms with Crippen molar-refractivity contribution in [1.82, 2.24) is 15.6 Å². The lowest BCUT2D eigenvalue weighted by Gasteiger charge is -2.41. The van der Waals surface area contributed by atoms with Gasteiger partial charge in [-0.05, 0) is 36.2 Å². The zero-order valence-electron chi connectivity index (χ0n) is 14.6. The first-order valence-electron chi connectivity index (χ1n) is 8.65. The Kier molecular flexibility index (Phi) is 4.61. The number of aromatic nitrogens is 1. The summed E-state index contributed by atoms with van der Waals surface area (Å²) in [6.07, 6.45) is 0.697. The predicted molar refractivity (Wildman–Crippen MR) is 103 cm³/mol. The van der Waals surface area contributed by atoms with Crippen molar-refractivity contribution in [2.45, 2.75) is 13.0 Å². The lowest BCUT2D eigenvalue weighted by Crippen LogP contribution is -2.62. The summed E-state index contributed by atoms with van der Waals surface area (Å²) in [5, 5.41) is 7.27. The largest absolute Gasteiger partial charge is 0.497 e. The number of para-hydroxylation sites is 1. The Morgan fingerprint density at radius 1 is 1.27 bits per heavy atom. The predicted octanol–water partition coefficient (Wildman–Crippen LogP) is 2.75. The molecule has 2 N–H and O–H groups in total. The van der Waals surface area contributed by atoms with E-state index >= 15 is 0 Å². The minimum absolute atomic E-state index is 0.0818. The number of benzene rings is 2. The van der Waals surface area contributed by atoms with Gasteiger partial charge < -0.3 is 15.4 Å². The highest BCUT2D eigenvalue weighted by atomic mass is 32.1. The van der Waals surface area contributed by atoms with Gasteiger partial charge in [-0.3, -0.25) is 4.79 Å². The van der Waals surface area contributed by atoms with Crippen LogP contribution in [0.1, 0.15) is 10.6 Å². The van der Waals surface area contributed by atoms with Gasteiger partial charge in [0.25, 0.3) is 0 Å². The first-order chi connectivity index (χ1) is 12.7. The summed E-state index contributed by atoms with van der Waals surface area (Å²) in [7, 11) is 1.66. The summed E-state index contributed by atoms with van der Waals surface area (Å²) in [6, 6.07) is 16.0. The highest BCUT2D eigenvalue weighted by molar-refractivity contribution is 7.18. The van der Waals surface area contributed by atoms with E-state index in [9.17, 15) is 4.79 Å². The molecule has 1 saturated heterocycles.